The molecule has 0 spiro atoms. The molecule has 8 heteroatoms. The molecular weight excluding hydrogens is 348 g/mol. The maximum absolute atomic E-state index is 12.6. The third-order valence-electron chi connectivity index (χ3n) is 4.07. The smallest absolute Gasteiger partial charge is 0.299 e. The van der Waals surface area contributed by atoms with Gasteiger partial charge in [-0.1, -0.05) is 35.5 Å². The minimum absolute atomic E-state index is 0.0912. The van der Waals surface area contributed by atoms with Crippen molar-refractivity contribution in [3.63, 3.8) is 0 Å². The van der Waals surface area contributed by atoms with E-state index in [0.29, 0.717) is 31.0 Å². The number of hydrogen-bond acceptors (Lipinski definition) is 6. The molecule has 0 aliphatic carbocycles. The van der Waals surface area contributed by atoms with E-state index >= 15 is 0 Å². The number of rotatable bonds is 9. The van der Waals surface area contributed by atoms with Gasteiger partial charge in [-0.3, -0.25) is 14.2 Å². The van der Waals surface area contributed by atoms with Crippen molar-refractivity contribution in [3.05, 3.63) is 47.0 Å². The summed E-state index contributed by atoms with van der Waals surface area (Å²) in [6.07, 6.45) is 2.37. The molecule has 0 bridgehead atoms. The lowest BCUT2D eigenvalue weighted by Gasteiger charge is -2.06. The molecule has 1 amide bonds. The topological polar surface area (TPSA) is 99.2 Å². The number of aromatic nitrogens is 3. The molecule has 0 aliphatic rings. The van der Waals surface area contributed by atoms with Gasteiger partial charge in [-0.2, -0.15) is 0 Å². The van der Waals surface area contributed by atoms with Crippen molar-refractivity contribution in [3.8, 4) is 11.3 Å². The van der Waals surface area contributed by atoms with E-state index in [9.17, 15) is 9.59 Å². The highest BCUT2D eigenvalue weighted by molar-refractivity contribution is 5.87. The zero-order valence-corrected chi connectivity index (χ0v) is 15.2. The summed E-state index contributed by atoms with van der Waals surface area (Å²) in [5, 5.41) is 6.79. The molecule has 8 nitrogen and oxygen atoms in total. The van der Waals surface area contributed by atoms with Gasteiger partial charge in [0.05, 0.1) is 6.33 Å². The first kappa shape index (κ1) is 18.8. The van der Waals surface area contributed by atoms with Crippen molar-refractivity contribution in [2.24, 2.45) is 0 Å². The number of aryl methyl sites for hydroxylation is 1. The number of benzene rings is 1. The first-order valence-corrected chi connectivity index (χ1v) is 8.95. The highest BCUT2D eigenvalue weighted by atomic mass is 16.5. The average molecular weight is 370 g/mol. The van der Waals surface area contributed by atoms with E-state index in [1.54, 1.807) is 0 Å². The summed E-state index contributed by atoms with van der Waals surface area (Å²) >= 11 is 0. The second kappa shape index (κ2) is 9.09. The Morgan fingerprint density at radius 3 is 2.89 bits per heavy atom. The lowest BCUT2D eigenvalue weighted by atomic mass is 10.1. The molecule has 0 fully saturated rings. The van der Waals surface area contributed by atoms with Gasteiger partial charge in [0.2, 0.25) is 5.91 Å². The van der Waals surface area contributed by atoms with Gasteiger partial charge in [-0.15, -0.1) is 0 Å². The molecule has 0 aliphatic heterocycles. The zero-order valence-electron chi connectivity index (χ0n) is 15.2. The largest absolute Gasteiger partial charge is 0.382 e. The normalized spacial score (nSPS) is 11.0. The first-order valence-electron chi connectivity index (χ1n) is 8.95. The summed E-state index contributed by atoms with van der Waals surface area (Å²) in [4.78, 5) is 28.8. The number of nitrogens with zero attached hydrogens (tertiary/aromatic N) is 3. The van der Waals surface area contributed by atoms with Gasteiger partial charge in [0.25, 0.3) is 11.1 Å². The maximum Gasteiger partial charge on any atom is 0.299 e. The van der Waals surface area contributed by atoms with Crippen molar-refractivity contribution < 1.29 is 14.1 Å². The van der Waals surface area contributed by atoms with E-state index in [0.717, 1.165) is 12.0 Å². The van der Waals surface area contributed by atoms with Crippen LogP contribution in [0.3, 0.4) is 0 Å². The van der Waals surface area contributed by atoms with Crippen LogP contribution in [0.5, 0.6) is 0 Å². The molecule has 1 aromatic carbocycles. The molecular formula is C19H22N4O4. The van der Waals surface area contributed by atoms with E-state index in [-0.39, 0.29) is 30.0 Å². The number of nitrogens with one attached hydrogen (secondary N) is 1. The highest BCUT2D eigenvalue weighted by Crippen LogP contribution is 2.23. The Morgan fingerprint density at radius 1 is 1.30 bits per heavy atom. The van der Waals surface area contributed by atoms with Crippen molar-refractivity contribution in [2.75, 3.05) is 19.8 Å². The molecule has 0 saturated heterocycles. The Kier molecular flexibility index (Phi) is 6.32. The fourth-order valence-corrected chi connectivity index (χ4v) is 2.66. The number of ether oxygens (including phenoxy) is 1. The van der Waals surface area contributed by atoms with Crippen LogP contribution < -0.4 is 10.9 Å². The number of fused-ring (bicyclic) bond motifs is 1. The van der Waals surface area contributed by atoms with Crippen LogP contribution >= 0.6 is 0 Å². The van der Waals surface area contributed by atoms with E-state index in [2.05, 4.69) is 15.5 Å². The van der Waals surface area contributed by atoms with Gasteiger partial charge in [0, 0.05) is 38.3 Å². The van der Waals surface area contributed by atoms with Crippen molar-refractivity contribution >= 4 is 17.0 Å². The first-order chi connectivity index (χ1) is 13.2. The van der Waals surface area contributed by atoms with Crippen LogP contribution in [0.25, 0.3) is 22.4 Å². The lowest BCUT2D eigenvalue weighted by Crippen LogP contribution is -2.28. The Bertz CT molecular complexity index is 949. The molecule has 3 aromatic rings. The zero-order chi connectivity index (χ0) is 19.1. The molecule has 0 saturated carbocycles. The predicted molar refractivity (Wildman–Crippen MR) is 100 cm³/mol. The molecule has 2 heterocycles. The fraction of sp³-hybridized carbons (Fsp3) is 0.368. The van der Waals surface area contributed by atoms with Crippen LogP contribution in [0.15, 0.2) is 46.0 Å². The summed E-state index contributed by atoms with van der Waals surface area (Å²) in [7, 11) is 0. The Morgan fingerprint density at radius 2 is 2.11 bits per heavy atom. The molecule has 0 radical (unpaired) electrons. The van der Waals surface area contributed by atoms with E-state index in [4.69, 9.17) is 9.26 Å². The van der Waals surface area contributed by atoms with E-state index in [1.807, 2.05) is 37.3 Å². The summed E-state index contributed by atoms with van der Waals surface area (Å²) in [5.74, 6) is -0.124. The number of amides is 1. The third-order valence-corrected chi connectivity index (χ3v) is 4.07. The Labute approximate surface area is 156 Å². The summed E-state index contributed by atoms with van der Waals surface area (Å²) < 4.78 is 11.8. The van der Waals surface area contributed by atoms with Crippen LogP contribution in [0.2, 0.25) is 0 Å². The molecule has 0 atom stereocenters. The van der Waals surface area contributed by atoms with Gasteiger partial charge in [-0.05, 0) is 13.3 Å². The van der Waals surface area contributed by atoms with E-state index in [1.165, 1.54) is 10.9 Å². The minimum atomic E-state index is -0.348. The molecule has 2 aromatic heterocycles. The third kappa shape index (κ3) is 4.59. The van der Waals surface area contributed by atoms with Gasteiger partial charge in [-0.25, -0.2) is 4.98 Å². The number of carbonyl (C=O) groups excluding carboxylic acids is 1. The standard InChI is InChI=1S/C19H22N4O4/c1-2-26-12-6-10-20-15(24)9-11-23-13-21-17-16(14-7-4-3-5-8-14)22-27-18(17)19(23)25/h3-5,7-8,13H,2,6,9-12H2,1H3,(H,20,24). The van der Waals surface area contributed by atoms with Gasteiger partial charge in [0.1, 0.15) is 11.2 Å². The fourth-order valence-electron chi connectivity index (χ4n) is 2.66. The summed E-state index contributed by atoms with van der Waals surface area (Å²) in [6.45, 7) is 3.98. The minimum Gasteiger partial charge on any atom is -0.382 e. The number of hydrogen-bond donors (Lipinski definition) is 1. The van der Waals surface area contributed by atoms with Gasteiger partial charge >= 0.3 is 0 Å². The molecule has 142 valence electrons. The van der Waals surface area contributed by atoms with Gasteiger partial charge < -0.3 is 14.6 Å². The quantitative estimate of drug-likeness (QED) is 0.578. The number of carbonyl (C=O) groups is 1. The molecule has 0 unspecified atom stereocenters. The molecule has 1 N–H and O–H groups in total. The SMILES string of the molecule is CCOCCCNC(=O)CCn1cnc2c(-c3ccccc3)noc2c1=O. The maximum atomic E-state index is 12.6. The van der Waals surface area contributed by atoms with Crippen LogP contribution in [0.4, 0.5) is 0 Å². The van der Waals surface area contributed by atoms with Gasteiger partial charge in [0.15, 0.2) is 0 Å². The van der Waals surface area contributed by atoms with Crippen molar-refractivity contribution in [1.82, 2.24) is 20.0 Å². The van der Waals surface area contributed by atoms with E-state index < -0.39 is 0 Å². The Balaban J connectivity index is 1.64. The molecule has 3 rings (SSSR count). The lowest BCUT2D eigenvalue weighted by molar-refractivity contribution is -0.121. The predicted octanol–water partition coefficient (Wildman–Crippen LogP) is 1.98. The van der Waals surface area contributed by atoms with Crippen LogP contribution in [-0.2, 0) is 16.1 Å². The van der Waals surface area contributed by atoms with Crippen molar-refractivity contribution in [1.29, 1.82) is 0 Å². The highest BCUT2D eigenvalue weighted by Gasteiger charge is 2.16. The second-order valence-electron chi connectivity index (χ2n) is 5.97. The summed E-state index contributed by atoms with van der Waals surface area (Å²) in [6, 6.07) is 9.41. The van der Waals surface area contributed by atoms with Crippen LogP contribution in [0, 0.1) is 0 Å². The average Bonchev–Trinajstić information content (AvgIpc) is 3.13. The van der Waals surface area contributed by atoms with Crippen molar-refractivity contribution in [2.45, 2.75) is 26.3 Å². The second-order valence-corrected chi connectivity index (χ2v) is 5.97. The van der Waals surface area contributed by atoms with Crippen LogP contribution in [0.1, 0.15) is 19.8 Å². The van der Waals surface area contributed by atoms with Crippen LogP contribution in [-0.4, -0.2) is 40.4 Å². The Hall–Kier alpha value is -3.00. The summed E-state index contributed by atoms with van der Waals surface area (Å²) in [5.41, 5.74) is 1.52. The monoisotopic (exact) mass is 370 g/mol. The molecule has 27 heavy (non-hydrogen) atoms.